The molecule has 2 rings (SSSR count). The van der Waals surface area contributed by atoms with E-state index in [-0.39, 0.29) is 18.7 Å². The van der Waals surface area contributed by atoms with Crippen LogP contribution >= 0.6 is 0 Å². The molecule has 1 aromatic carbocycles. The van der Waals surface area contributed by atoms with Crippen LogP contribution in [0.25, 0.3) is 0 Å². The second-order valence-corrected chi connectivity index (χ2v) is 5.57. The second-order valence-electron chi connectivity index (χ2n) is 5.57. The van der Waals surface area contributed by atoms with Crippen molar-refractivity contribution in [1.29, 1.82) is 0 Å². The van der Waals surface area contributed by atoms with E-state index in [9.17, 15) is 10.2 Å². The van der Waals surface area contributed by atoms with Crippen LogP contribution in [0.3, 0.4) is 0 Å². The van der Waals surface area contributed by atoms with Gasteiger partial charge in [0.15, 0.2) is 0 Å². The zero-order chi connectivity index (χ0) is 13.8. The maximum absolute atomic E-state index is 10.4. The summed E-state index contributed by atoms with van der Waals surface area (Å²) < 4.78 is 0. The largest absolute Gasteiger partial charge is 0.395 e. The van der Waals surface area contributed by atoms with E-state index in [0.717, 1.165) is 18.4 Å². The van der Waals surface area contributed by atoms with Crippen LogP contribution in [0.15, 0.2) is 18.2 Å². The average molecular weight is 263 g/mol. The van der Waals surface area contributed by atoms with Gasteiger partial charge in [0.05, 0.1) is 12.7 Å². The van der Waals surface area contributed by atoms with Gasteiger partial charge in [-0.05, 0) is 49.3 Å². The lowest BCUT2D eigenvalue weighted by Gasteiger charge is -2.25. The summed E-state index contributed by atoms with van der Waals surface area (Å²) in [6, 6.07) is 6.32. The Hall–Kier alpha value is -0.900. The molecule has 0 fully saturated rings. The Morgan fingerprint density at radius 2 is 2.00 bits per heavy atom. The summed E-state index contributed by atoms with van der Waals surface area (Å²) in [5.41, 5.74) is 3.80. The molecule has 3 N–H and O–H groups in total. The van der Waals surface area contributed by atoms with Crippen LogP contribution in [-0.2, 0) is 12.8 Å². The molecule has 0 bridgehead atoms. The van der Waals surface area contributed by atoms with E-state index in [1.807, 2.05) is 19.9 Å². The second kappa shape index (κ2) is 6.51. The van der Waals surface area contributed by atoms with Crippen molar-refractivity contribution in [2.45, 2.75) is 57.7 Å². The smallest absolute Gasteiger partial charge is 0.0940 e. The minimum Gasteiger partial charge on any atom is -0.395 e. The monoisotopic (exact) mass is 263 g/mol. The molecular weight excluding hydrogens is 238 g/mol. The third-order valence-corrected chi connectivity index (χ3v) is 4.15. The van der Waals surface area contributed by atoms with Gasteiger partial charge in [-0.2, -0.15) is 0 Å². The van der Waals surface area contributed by atoms with Crippen molar-refractivity contribution < 1.29 is 10.2 Å². The summed E-state index contributed by atoms with van der Waals surface area (Å²) in [5.74, 6) is 0. The first-order valence-electron chi connectivity index (χ1n) is 7.32. The van der Waals surface area contributed by atoms with Gasteiger partial charge in [-0.25, -0.2) is 0 Å². The summed E-state index contributed by atoms with van der Waals surface area (Å²) >= 11 is 0. The number of benzene rings is 1. The number of fused-ring (bicyclic) bond motifs is 1. The van der Waals surface area contributed by atoms with Crippen molar-refractivity contribution >= 4 is 0 Å². The summed E-state index contributed by atoms with van der Waals surface area (Å²) in [5, 5.41) is 22.9. The third kappa shape index (κ3) is 3.35. The van der Waals surface area contributed by atoms with E-state index in [0.29, 0.717) is 0 Å². The first kappa shape index (κ1) is 14.5. The van der Waals surface area contributed by atoms with Gasteiger partial charge in [-0.1, -0.05) is 25.1 Å². The maximum Gasteiger partial charge on any atom is 0.0940 e. The van der Waals surface area contributed by atoms with Crippen LogP contribution in [0.1, 0.15) is 49.5 Å². The van der Waals surface area contributed by atoms with Gasteiger partial charge in [-0.15, -0.1) is 0 Å². The normalized spacial score (nSPS) is 18.9. The number of hydrogen-bond acceptors (Lipinski definition) is 3. The lowest BCUT2D eigenvalue weighted by molar-refractivity contribution is 0.118. The predicted molar refractivity (Wildman–Crippen MR) is 77.2 cm³/mol. The number of hydrogen-bond donors (Lipinski definition) is 3. The van der Waals surface area contributed by atoms with Crippen LogP contribution in [0.4, 0.5) is 0 Å². The molecule has 0 aromatic heterocycles. The molecule has 1 aliphatic carbocycles. The third-order valence-electron chi connectivity index (χ3n) is 4.15. The number of rotatable bonds is 6. The van der Waals surface area contributed by atoms with Crippen LogP contribution in [0.5, 0.6) is 0 Å². The van der Waals surface area contributed by atoms with Crippen LogP contribution in [0, 0.1) is 0 Å². The van der Waals surface area contributed by atoms with E-state index in [2.05, 4.69) is 17.4 Å². The fourth-order valence-electron chi connectivity index (χ4n) is 2.83. The molecule has 19 heavy (non-hydrogen) atoms. The van der Waals surface area contributed by atoms with Gasteiger partial charge in [0, 0.05) is 12.1 Å². The molecule has 106 valence electrons. The fraction of sp³-hybridized carbons (Fsp3) is 0.625. The zero-order valence-corrected chi connectivity index (χ0v) is 11.9. The first-order valence-corrected chi connectivity index (χ1v) is 7.32. The van der Waals surface area contributed by atoms with E-state index in [4.69, 9.17) is 0 Å². The molecule has 0 radical (unpaired) electrons. The molecule has 1 aromatic rings. The average Bonchev–Trinajstić information content (AvgIpc) is 2.90. The molecular formula is C16H25NO2. The summed E-state index contributed by atoms with van der Waals surface area (Å²) in [7, 11) is 0. The molecule has 0 spiro atoms. The van der Waals surface area contributed by atoms with Crippen molar-refractivity contribution in [3.8, 4) is 0 Å². The van der Waals surface area contributed by atoms with Crippen molar-refractivity contribution in [2.75, 3.05) is 6.61 Å². The Bertz CT molecular complexity index is 415. The lowest BCUT2D eigenvalue weighted by atomic mass is 9.98. The molecule has 3 unspecified atom stereocenters. The SMILES string of the molecule is CCC(CO)NC(C)C(O)c1ccc2c(c1)CCC2. The molecule has 0 amide bonds. The van der Waals surface area contributed by atoms with E-state index in [1.54, 1.807) is 0 Å². The van der Waals surface area contributed by atoms with Crippen molar-refractivity contribution in [3.63, 3.8) is 0 Å². The molecule has 3 heteroatoms. The number of nitrogens with one attached hydrogen (secondary N) is 1. The van der Waals surface area contributed by atoms with Crippen molar-refractivity contribution in [1.82, 2.24) is 5.32 Å². The van der Waals surface area contributed by atoms with Crippen LogP contribution in [-0.4, -0.2) is 28.9 Å². The number of aliphatic hydroxyl groups is 2. The highest BCUT2D eigenvalue weighted by molar-refractivity contribution is 5.36. The standard InChI is InChI=1S/C16H25NO2/c1-3-15(10-18)17-11(2)16(19)14-8-7-12-5-4-6-13(12)9-14/h7-9,11,15-19H,3-6,10H2,1-2H3. The minimum absolute atomic E-state index is 0.0547. The summed E-state index contributed by atoms with van der Waals surface area (Å²) in [6.07, 6.45) is 3.86. The quantitative estimate of drug-likeness (QED) is 0.735. The Morgan fingerprint density at radius 1 is 1.26 bits per heavy atom. The first-order chi connectivity index (χ1) is 9.15. The van der Waals surface area contributed by atoms with Gasteiger partial charge < -0.3 is 15.5 Å². The molecule has 3 atom stereocenters. The Labute approximate surface area is 115 Å². The van der Waals surface area contributed by atoms with Gasteiger partial charge in [0.2, 0.25) is 0 Å². The van der Waals surface area contributed by atoms with Gasteiger partial charge in [-0.3, -0.25) is 0 Å². The zero-order valence-electron chi connectivity index (χ0n) is 11.9. The number of aryl methyl sites for hydroxylation is 2. The summed E-state index contributed by atoms with van der Waals surface area (Å²) in [4.78, 5) is 0. The maximum atomic E-state index is 10.4. The molecule has 1 aliphatic rings. The van der Waals surface area contributed by atoms with E-state index in [1.165, 1.54) is 24.0 Å². The Balaban J connectivity index is 2.04. The highest BCUT2D eigenvalue weighted by Gasteiger charge is 2.20. The van der Waals surface area contributed by atoms with Gasteiger partial charge in [0.1, 0.15) is 0 Å². The van der Waals surface area contributed by atoms with E-state index < -0.39 is 6.10 Å². The highest BCUT2D eigenvalue weighted by atomic mass is 16.3. The molecule has 0 saturated carbocycles. The number of aliphatic hydroxyl groups excluding tert-OH is 2. The lowest BCUT2D eigenvalue weighted by Crippen LogP contribution is -2.41. The Kier molecular flexibility index (Phi) is 4.97. The van der Waals surface area contributed by atoms with Crippen molar-refractivity contribution in [3.05, 3.63) is 34.9 Å². The molecule has 0 saturated heterocycles. The molecule has 3 nitrogen and oxygen atoms in total. The van der Waals surface area contributed by atoms with Gasteiger partial charge >= 0.3 is 0 Å². The fourth-order valence-corrected chi connectivity index (χ4v) is 2.83. The van der Waals surface area contributed by atoms with Crippen molar-refractivity contribution in [2.24, 2.45) is 0 Å². The van der Waals surface area contributed by atoms with Crippen LogP contribution < -0.4 is 5.32 Å². The highest BCUT2D eigenvalue weighted by Crippen LogP contribution is 2.26. The van der Waals surface area contributed by atoms with Crippen LogP contribution in [0.2, 0.25) is 0 Å². The predicted octanol–water partition coefficient (Wildman–Crippen LogP) is 1.96. The molecule has 0 aliphatic heterocycles. The Morgan fingerprint density at radius 3 is 2.68 bits per heavy atom. The topological polar surface area (TPSA) is 52.5 Å². The minimum atomic E-state index is -0.522. The van der Waals surface area contributed by atoms with E-state index >= 15 is 0 Å². The summed E-state index contributed by atoms with van der Waals surface area (Å²) in [6.45, 7) is 4.11. The molecule has 0 heterocycles. The van der Waals surface area contributed by atoms with Gasteiger partial charge in [0.25, 0.3) is 0 Å².